The number of halogens is 3. The number of anilines is 1. The van der Waals surface area contributed by atoms with Crippen molar-refractivity contribution in [3.8, 4) is 5.75 Å². The fourth-order valence-corrected chi connectivity index (χ4v) is 4.77. The fourth-order valence-electron chi connectivity index (χ4n) is 4.77. The second kappa shape index (κ2) is 9.22. The van der Waals surface area contributed by atoms with Crippen molar-refractivity contribution in [1.29, 1.82) is 0 Å². The zero-order valence-corrected chi connectivity index (χ0v) is 17.5. The average molecular weight is 446 g/mol. The largest absolute Gasteiger partial charge is 0.484 e. The van der Waals surface area contributed by atoms with Crippen molar-refractivity contribution in [2.45, 2.75) is 50.4 Å². The first-order chi connectivity index (χ1) is 15.3. The molecule has 3 atom stereocenters. The van der Waals surface area contributed by atoms with Gasteiger partial charge in [0.15, 0.2) is 6.61 Å². The Labute approximate surface area is 184 Å². The van der Waals surface area contributed by atoms with Crippen molar-refractivity contribution in [3.63, 3.8) is 0 Å². The van der Waals surface area contributed by atoms with Crippen LogP contribution in [0.15, 0.2) is 54.6 Å². The Kier molecular flexibility index (Phi) is 6.39. The minimum atomic E-state index is -4.45. The van der Waals surface area contributed by atoms with Gasteiger partial charge in [-0.05, 0) is 49.4 Å². The summed E-state index contributed by atoms with van der Waals surface area (Å²) in [7, 11) is 0. The molecule has 2 fully saturated rings. The van der Waals surface area contributed by atoms with Gasteiger partial charge in [-0.3, -0.25) is 9.59 Å². The molecule has 2 aromatic carbocycles. The maximum Gasteiger partial charge on any atom is 0.422 e. The van der Waals surface area contributed by atoms with Gasteiger partial charge < -0.3 is 15.0 Å². The quantitative estimate of drug-likeness (QED) is 0.700. The molecule has 0 aromatic heterocycles. The molecular formula is C24H25F3N2O3. The van der Waals surface area contributed by atoms with Gasteiger partial charge in [-0.25, -0.2) is 0 Å². The van der Waals surface area contributed by atoms with E-state index in [2.05, 4.69) is 5.32 Å². The van der Waals surface area contributed by atoms with E-state index in [4.69, 9.17) is 4.74 Å². The van der Waals surface area contributed by atoms with Crippen molar-refractivity contribution in [2.75, 3.05) is 11.9 Å². The van der Waals surface area contributed by atoms with Crippen LogP contribution in [0.4, 0.5) is 18.9 Å². The topological polar surface area (TPSA) is 58.6 Å². The van der Waals surface area contributed by atoms with E-state index in [0.717, 1.165) is 25.7 Å². The van der Waals surface area contributed by atoms with Gasteiger partial charge in [0, 0.05) is 23.4 Å². The van der Waals surface area contributed by atoms with Gasteiger partial charge in [-0.2, -0.15) is 13.2 Å². The predicted molar refractivity (Wildman–Crippen MR) is 113 cm³/mol. The molecule has 32 heavy (non-hydrogen) atoms. The Morgan fingerprint density at radius 1 is 1.03 bits per heavy atom. The summed E-state index contributed by atoms with van der Waals surface area (Å²) in [5.41, 5.74) is 0.871. The SMILES string of the molecule is O=C(Nc1cccc(OCC(F)(F)F)c1)C1CC2CCCCC2N1C(=O)c1ccccc1. The maximum absolute atomic E-state index is 13.3. The van der Waals surface area contributed by atoms with Crippen LogP contribution in [-0.4, -0.2) is 41.6 Å². The van der Waals surface area contributed by atoms with Crippen LogP contribution in [0.5, 0.6) is 5.75 Å². The maximum atomic E-state index is 13.3. The molecular weight excluding hydrogens is 421 g/mol. The number of hydrogen-bond donors (Lipinski definition) is 1. The summed E-state index contributed by atoms with van der Waals surface area (Å²) in [6.07, 6.45) is 0.0900. The van der Waals surface area contributed by atoms with Gasteiger partial charge >= 0.3 is 6.18 Å². The Balaban J connectivity index is 1.52. The molecule has 1 saturated heterocycles. The summed E-state index contributed by atoms with van der Waals surface area (Å²) in [6, 6.07) is 14.2. The number of nitrogens with one attached hydrogen (secondary N) is 1. The predicted octanol–water partition coefficient (Wildman–Crippen LogP) is 5.04. The number of rotatable bonds is 5. The number of benzene rings is 2. The lowest BCUT2D eigenvalue weighted by Crippen LogP contribution is -2.47. The monoisotopic (exact) mass is 446 g/mol. The number of nitrogens with zero attached hydrogens (tertiary/aromatic N) is 1. The molecule has 0 bridgehead atoms. The van der Waals surface area contributed by atoms with Crippen LogP contribution in [0.1, 0.15) is 42.5 Å². The van der Waals surface area contributed by atoms with Crippen molar-refractivity contribution in [3.05, 3.63) is 60.2 Å². The molecule has 1 aliphatic heterocycles. The van der Waals surface area contributed by atoms with E-state index >= 15 is 0 Å². The normalized spacial score (nSPS) is 22.8. The fraction of sp³-hybridized carbons (Fsp3) is 0.417. The van der Waals surface area contributed by atoms with Crippen LogP contribution in [0.2, 0.25) is 0 Å². The molecule has 3 unspecified atom stereocenters. The third kappa shape index (κ3) is 5.06. The number of fused-ring (bicyclic) bond motifs is 1. The molecule has 0 radical (unpaired) electrons. The van der Waals surface area contributed by atoms with Crippen LogP contribution in [0, 0.1) is 5.92 Å². The summed E-state index contributed by atoms with van der Waals surface area (Å²) in [4.78, 5) is 28.2. The standard InChI is InChI=1S/C24H25F3N2O3/c25-24(26,27)15-32-19-11-6-10-18(14-19)28-22(30)21-13-17-9-4-5-12-20(17)29(21)23(31)16-7-2-1-3-8-16/h1-3,6-8,10-11,14,17,20-21H,4-5,9,12-13,15H2,(H,28,30). The van der Waals surface area contributed by atoms with Crippen molar-refractivity contribution < 1.29 is 27.5 Å². The van der Waals surface area contributed by atoms with Crippen molar-refractivity contribution >= 4 is 17.5 Å². The highest BCUT2D eigenvalue weighted by Crippen LogP contribution is 2.41. The third-order valence-corrected chi connectivity index (χ3v) is 6.15. The van der Waals surface area contributed by atoms with Gasteiger partial charge in [0.25, 0.3) is 5.91 Å². The molecule has 2 aliphatic rings. The van der Waals surface area contributed by atoms with E-state index in [0.29, 0.717) is 17.7 Å². The van der Waals surface area contributed by atoms with E-state index in [1.165, 1.54) is 18.2 Å². The zero-order valence-electron chi connectivity index (χ0n) is 17.5. The number of hydrogen-bond acceptors (Lipinski definition) is 3. The lowest BCUT2D eigenvalue weighted by Gasteiger charge is -2.33. The highest BCUT2D eigenvalue weighted by molar-refractivity contribution is 6.02. The Morgan fingerprint density at radius 2 is 1.78 bits per heavy atom. The van der Waals surface area contributed by atoms with Crippen LogP contribution in [-0.2, 0) is 4.79 Å². The molecule has 1 saturated carbocycles. The van der Waals surface area contributed by atoms with Gasteiger partial charge in [0.2, 0.25) is 5.91 Å². The third-order valence-electron chi connectivity index (χ3n) is 6.15. The van der Waals surface area contributed by atoms with E-state index in [9.17, 15) is 22.8 Å². The summed E-state index contributed by atoms with van der Waals surface area (Å²) in [6.45, 7) is -1.41. The first kappa shape index (κ1) is 22.2. The molecule has 2 amide bonds. The summed E-state index contributed by atoms with van der Waals surface area (Å²) < 4.78 is 42.1. The second-order valence-corrected chi connectivity index (χ2v) is 8.36. The molecule has 0 spiro atoms. The van der Waals surface area contributed by atoms with Crippen LogP contribution in [0.3, 0.4) is 0 Å². The summed E-state index contributed by atoms with van der Waals surface area (Å²) in [5, 5.41) is 2.77. The lowest BCUT2D eigenvalue weighted by atomic mass is 9.84. The zero-order chi connectivity index (χ0) is 22.7. The average Bonchev–Trinajstić information content (AvgIpc) is 3.17. The number of alkyl halides is 3. The molecule has 170 valence electrons. The molecule has 1 aliphatic carbocycles. The van der Waals surface area contributed by atoms with E-state index in [-0.39, 0.29) is 29.5 Å². The highest BCUT2D eigenvalue weighted by Gasteiger charge is 2.47. The molecule has 1 heterocycles. The van der Waals surface area contributed by atoms with Gasteiger partial charge in [0.05, 0.1) is 0 Å². The lowest BCUT2D eigenvalue weighted by molar-refractivity contribution is -0.153. The van der Waals surface area contributed by atoms with Gasteiger partial charge in [-0.1, -0.05) is 37.1 Å². The number of amides is 2. The molecule has 1 N–H and O–H groups in total. The number of ether oxygens (including phenoxy) is 1. The molecule has 8 heteroatoms. The first-order valence-corrected chi connectivity index (χ1v) is 10.8. The minimum Gasteiger partial charge on any atom is -0.484 e. The number of carbonyl (C=O) groups excluding carboxylic acids is 2. The second-order valence-electron chi connectivity index (χ2n) is 8.36. The van der Waals surface area contributed by atoms with E-state index in [1.54, 1.807) is 35.2 Å². The van der Waals surface area contributed by atoms with Gasteiger partial charge in [-0.15, -0.1) is 0 Å². The van der Waals surface area contributed by atoms with Crippen LogP contribution < -0.4 is 10.1 Å². The number of carbonyl (C=O) groups is 2. The Bertz CT molecular complexity index is 964. The van der Waals surface area contributed by atoms with E-state index < -0.39 is 18.8 Å². The molecule has 2 aromatic rings. The Hall–Kier alpha value is -3.03. The summed E-state index contributed by atoms with van der Waals surface area (Å²) >= 11 is 0. The highest BCUT2D eigenvalue weighted by atomic mass is 19.4. The van der Waals surface area contributed by atoms with Crippen molar-refractivity contribution in [2.24, 2.45) is 5.92 Å². The smallest absolute Gasteiger partial charge is 0.422 e. The van der Waals surface area contributed by atoms with E-state index in [1.807, 2.05) is 6.07 Å². The summed E-state index contributed by atoms with van der Waals surface area (Å²) in [5.74, 6) is -0.217. The minimum absolute atomic E-state index is 0.0115. The van der Waals surface area contributed by atoms with Crippen molar-refractivity contribution in [1.82, 2.24) is 4.90 Å². The Morgan fingerprint density at radius 3 is 2.53 bits per heavy atom. The van der Waals surface area contributed by atoms with Crippen LogP contribution >= 0.6 is 0 Å². The molecule has 5 nitrogen and oxygen atoms in total. The number of likely N-dealkylation sites (tertiary alicyclic amines) is 1. The van der Waals surface area contributed by atoms with Gasteiger partial charge in [0.1, 0.15) is 11.8 Å². The first-order valence-electron chi connectivity index (χ1n) is 10.8. The molecule has 4 rings (SSSR count). The van der Waals surface area contributed by atoms with Crippen LogP contribution in [0.25, 0.3) is 0 Å².